The van der Waals surface area contributed by atoms with E-state index in [0.29, 0.717) is 6.54 Å². The van der Waals surface area contributed by atoms with Crippen LogP contribution in [0.4, 0.5) is 4.79 Å². The van der Waals surface area contributed by atoms with Crippen LogP contribution in [0.5, 0.6) is 0 Å². The second-order valence-corrected chi connectivity index (χ2v) is 7.13. The van der Waals surface area contributed by atoms with Gasteiger partial charge in [-0.05, 0) is 28.2 Å². The van der Waals surface area contributed by atoms with Crippen LogP contribution < -0.4 is 0 Å². The van der Waals surface area contributed by atoms with E-state index in [1.54, 1.807) is 0 Å². The molecule has 26 heavy (non-hydrogen) atoms. The van der Waals surface area contributed by atoms with Gasteiger partial charge in [-0.1, -0.05) is 55.5 Å². The maximum absolute atomic E-state index is 12.5. The molecule has 0 unspecified atom stereocenters. The fourth-order valence-corrected chi connectivity index (χ4v) is 4.12. The predicted molar refractivity (Wildman–Crippen MR) is 96.9 cm³/mol. The van der Waals surface area contributed by atoms with Crippen LogP contribution in [0.2, 0.25) is 0 Å². The molecule has 2 aliphatic rings. The van der Waals surface area contributed by atoms with E-state index in [9.17, 15) is 14.7 Å². The van der Waals surface area contributed by atoms with E-state index in [1.807, 2.05) is 31.2 Å². The van der Waals surface area contributed by atoms with Crippen molar-refractivity contribution in [3.63, 3.8) is 0 Å². The lowest BCUT2D eigenvalue weighted by molar-refractivity contribution is -0.142. The molecule has 0 spiro atoms. The van der Waals surface area contributed by atoms with E-state index in [4.69, 9.17) is 4.74 Å². The van der Waals surface area contributed by atoms with Crippen molar-refractivity contribution in [3.05, 3.63) is 59.7 Å². The average Bonchev–Trinajstić information content (AvgIpc) is 3.18. The molecule has 0 bridgehead atoms. The maximum Gasteiger partial charge on any atom is 0.409 e. The van der Waals surface area contributed by atoms with Gasteiger partial charge in [-0.2, -0.15) is 0 Å². The zero-order valence-corrected chi connectivity index (χ0v) is 14.6. The molecule has 2 aromatic rings. The van der Waals surface area contributed by atoms with E-state index < -0.39 is 18.0 Å². The lowest BCUT2D eigenvalue weighted by Crippen LogP contribution is -2.31. The number of hydrogen-bond donors (Lipinski definition) is 1. The Morgan fingerprint density at radius 3 is 2.15 bits per heavy atom. The van der Waals surface area contributed by atoms with Gasteiger partial charge in [0.2, 0.25) is 0 Å². The molecular weight excluding hydrogens is 330 g/mol. The summed E-state index contributed by atoms with van der Waals surface area (Å²) in [7, 11) is 0. The normalized spacial score (nSPS) is 21.3. The van der Waals surface area contributed by atoms with E-state index in [2.05, 4.69) is 24.3 Å². The molecule has 1 aliphatic heterocycles. The van der Waals surface area contributed by atoms with Crippen LogP contribution in [0.3, 0.4) is 0 Å². The number of benzene rings is 2. The Labute approximate surface area is 152 Å². The molecule has 1 fully saturated rings. The number of fused-ring (bicyclic) bond motifs is 3. The lowest BCUT2D eigenvalue weighted by atomic mass is 9.98. The van der Waals surface area contributed by atoms with Gasteiger partial charge in [-0.15, -0.1) is 0 Å². The molecule has 0 aromatic heterocycles. The van der Waals surface area contributed by atoms with Crippen LogP contribution in [0, 0.1) is 11.8 Å². The molecule has 1 aliphatic carbocycles. The third-order valence-electron chi connectivity index (χ3n) is 5.52. The van der Waals surface area contributed by atoms with E-state index in [0.717, 1.165) is 0 Å². The monoisotopic (exact) mass is 351 g/mol. The standard InChI is InChI=1S/C21H21NO4/c1-13-10-22(11-18(13)20(23)24)21(25)26-12-19-16-8-4-2-6-14(16)15-7-3-5-9-17(15)19/h2-9,13,18-19H,10-12H2,1H3,(H,23,24)/t13-,18-/m0/s1. The minimum Gasteiger partial charge on any atom is -0.481 e. The summed E-state index contributed by atoms with van der Waals surface area (Å²) in [6.07, 6.45) is -0.428. The fourth-order valence-electron chi connectivity index (χ4n) is 4.12. The minimum atomic E-state index is -0.855. The van der Waals surface area contributed by atoms with Gasteiger partial charge in [0.15, 0.2) is 0 Å². The highest BCUT2D eigenvalue weighted by molar-refractivity contribution is 5.79. The van der Waals surface area contributed by atoms with Gasteiger partial charge in [-0.25, -0.2) is 4.79 Å². The molecule has 1 heterocycles. The first-order valence-corrected chi connectivity index (χ1v) is 8.89. The van der Waals surface area contributed by atoms with Gasteiger partial charge in [-0.3, -0.25) is 4.79 Å². The zero-order valence-electron chi connectivity index (χ0n) is 14.6. The van der Waals surface area contributed by atoms with Gasteiger partial charge in [0.1, 0.15) is 6.61 Å². The van der Waals surface area contributed by atoms with Crippen molar-refractivity contribution >= 4 is 12.1 Å². The van der Waals surface area contributed by atoms with Crippen molar-refractivity contribution in [3.8, 4) is 11.1 Å². The second-order valence-electron chi connectivity index (χ2n) is 7.13. The first kappa shape index (κ1) is 16.6. The number of carbonyl (C=O) groups is 2. The molecule has 0 radical (unpaired) electrons. The summed E-state index contributed by atoms with van der Waals surface area (Å²) in [6.45, 7) is 2.76. The molecule has 1 amide bonds. The maximum atomic E-state index is 12.5. The number of aliphatic carboxylic acids is 1. The van der Waals surface area contributed by atoms with E-state index in [1.165, 1.54) is 27.2 Å². The molecular formula is C21H21NO4. The molecule has 5 nitrogen and oxygen atoms in total. The number of carboxylic acid groups (broad SMARTS) is 1. The van der Waals surface area contributed by atoms with Crippen LogP contribution in [-0.4, -0.2) is 41.8 Å². The quantitative estimate of drug-likeness (QED) is 0.918. The molecule has 1 N–H and O–H groups in total. The van der Waals surface area contributed by atoms with Gasteiger partial charge >= 0.3 is 12.1 Å². The summed E-state index contributed by atoms with van der Waals surface area (Å²) in [5.41, 5.74) is 4.70. The lowest BCUT2D eigenvalue weighted by Gasteiger charge is -2.19. The smallest absolute Gasteiger partial charge is 0.409 e. The third kappa shape index (κ3) is 2.73. The molecule has 0 saturated carbocycles. The summed E-state index contributed by atoms with van der Waals surface area (Å²) >= 11 is 0. The predicted octanol–water partition coefficient (Wildman–Crippen LogP) is 3.59. The largest absolute Gasteiger partial charge is 0.481 e. The Kier molecular flexibility index (Phi) is 4.15. The number of carbonyl (C=O) groups excluding carboxylic acids is 1. The number of amides is 1. The van der Waals surface area contributed by atoms with Crippen molar-refractivity contribution in [2.75, 3.05) is 19.7 Å². The van der Waals surface area contributed by atoms with E-state index in [-0.39, 0.29) is 25.0 Å². The number of likely N-dealkylation sites (tertiary alicyclic amines) is 1. The second kappa shape index (κ2) is 6.48. The zero-order chi connectivity index (χ0) is 18.3. The Morgan fingerprint density at radius 1 is 1.04 bits per heavy atom. The Balaban J connectivity index is 1.49. The van der Waals surface area contributed by atoms with Crippen molar-refractivity contribution in [1.82, 2.24) is 4.90 Å². The van der Waals surface area contributed by atoms with Crippen LogP contribution >= 0.6 is 0 Å². The summed E-state index contributed by atoms with van der Waals surface area (Å²) in [6, 6.07) is 16.4. The fraction of sp³-hybridized carbons (Fsp3) is 0.333. The van der Waals surface area contributed by atoms with Crippen LogP contribution in [0.25, 0.3) is 11.1 Å². The van der Waals surface area contributed by atoms with Crippen LogP contribution in [0.1, 0.15) is 24.0 Å². The highest BCUT2D eigenvalue weighted by Crippen LogP contribution is 2.44. The van der Waals surface area contributed by atoms with Crippen molar-refractivity contribution < 1.29 is 19.4 Å². The number of nitrogens with zero attached hydrogens (tertiary/aromatic N) is 1. The van der Waals surface area contributed by atoms with Gasteiger partial charge in [0, 0.05) is 19.0 Å². The topological polar surface area (TPSA) is 66.8 Å². The molecule has 5 heteroatoms. The Hall–Kier alpha value is -2.82. The first-order valence-electron chi connectivity index (χ1n) is 8.89. The molecule has 2 atom stereocenters. The van der Waals surface area contributed by atoms with Crippen LogP contribution in [-0.2, 0) is 9.53 Å². The highest BCUT2D eigenvalue weighted by Gasteiger charge is 2.38. The van der Waals surface area contributed by atoms with Crippen LogP contribution in [0.15, 0.2) is 48.5 Å². The molecule has 1 saturated heterocycles. The molecule has 4 rings (SSSR count). The van der Waals surface area contributed by atoms with Crippen molar-refractivity contribution in [2.45, 2.75) is 12.8 Å². The number of rotatable bonds is 3. The van der Waals surface area contributed by atoms with Crippen molar-refractivity contribution in [2.24, 2.45) is 11.8 Å². The first-order chi connectivity index (χ1) is 12.6. The Morgan fingerprint density at radius 2 is 1.62 bits per heavy atom. The van der Waals surface area contributed by atoms with Gasteiger partial charge in [0.05, 0.1) is 5.92 Å². The third-order valence-corrected chi connectivity index (χ3v) is 5.52. The highest BCUT2D eigenvalue weighted by atomic mass is 16.6. The summed E-state index contributed by atoms with van der Waals surface area (Å²) in [4.78, 5) is 25.2. The van der Waals surface area contributed by atoms with Gasteiger partial charge in [0.25, 0.3) is 0 Å². The molecule has 134 valence electrons. The summed E-state index contributed by atoms with van der Waals surface area (Å²) < 4.78 is 5.59. The van der Waals surface area contributed by atoms with Gasteiger partial charge < -0.3 is 14.7 Å². The molecule has 2 aromatic carbocycles. The Bertz CT molecular complexity index is 817. The number of carboxylic acids is 1. The van der Waals surface area contributed by atoms with E-state index >= 15 is 0 Å². The SMILES string of the molecule is C[C@H]1CN(C(=O)OCC2c3ccccc3-c3ccccc32)C[C@@H]1C(=O)O. The minimum absolute atomic E-state index is 0.0154. The summed E-state index contributed by atoms with van der Waals surface area (Å²) in [5, 5.41) is 9.23. The number of ether oxygens (including phenoxy) is 1. The average molecular weight is 351 g/mol. The van der Waals surface area contributed by atoms with Crippen molar-refractivity contribution in [1.29, 1.82) is 0 Å². The summed E-state index contributed by atoms with van der Waals surface area (Å²) in [5.74, 6) is -1.42. The number of hydrogen-bond acceptors (Lipinski definition) is 3.